The Labute approximate surface area is 121 Å². The van der Waals surface area contributed by atoms with Crippen molar-refractivity contribution in [1.82, 2.24) is 5.16 Å². The maximum absolute atomic E-state index is 12.0. The smallest absolute Gasteiger partial charge is 0.315 e. The fraction of sp³-hybridized carbons (Fsp3) is 0.267. The molecule has 2 aromatic rings. The number of carbonyl (C=O) groups is 1. The fourth-order valence-corrected chi connectivity index (χ4v) is 1.88. The predicted octanol–water partition coefficient (Wildman–Crippen LogP) is 2.32. The Bertz CT molecular complexity index is 693. The Kier molecular flexibility index (Phi) is 4.24. The van der Waals surface area contributed by atoms with Crippen molar-refractivity contribution in [3.05, 3.63) is 40.8 Å². The number of carbonyl (C=O) groups excluding carboxylic acids is 1. The number of nitriles is 1. The largest absolute Gasteiger partial charge is 0.493 e. The predicted molar refractivity (Wildman–Crippen MR) is 73.0 cm³/mol. The number of hydrogen-bond donors (Lipinski definition) is 0. The number of ether oxygens (including phenoxy) is 2. The average molecular weight is 286 g/mol. The van der Waals surface area contributed by atoms with Crippen molar-refractivity contribution in [2.24, 2.45) is 0 Å². The van der Waals surface area contributed by atoms with Crippen molar-refractivity contribution in [3.8, 4) is 17.6 Å². The highest BCUT2D eigenvalue weighted by Crippen LogP contribution is 2.28. The van der Waals surface area contributed by atoms with Gasteiger partial charge in [0.2, 0.25) is 0 Å². The van der Waals surface area contributed by atoms with Crippen LogP contribution in [0.1, 0.15) is 22.6 Å². The summed E-state index contributed by atoms with van der Waals surface area (Å²) in [7, 11) is 1.45. The van der Waals surface area contributed by atoms with Crippen molar-refractivity contribution in [1.29, 1.82) is 5.26 Å². The van der Waals surface area contributed by atoms with E-state index >= 15 is 0 Å². The molecule has 0 aliphatic heterocycles. The minimum atomic E-state index is -0.451. The van der Waals surface area contributed by atoms with Crippen molar-refractivity contribution in [3.63, 3.8) is 0 Å². The Morgan fingerprint density at radius 3 is 2.71 bits per heavy atom. The zero-order valence-corrected chi connectivity index (χ0v) is 12.0. The van der Waals surface area contributed by atoms with E-state index in [1.807, 2.05) is 6.07 Å². The van der Waals surface area contributed by atoms with Crippen LogP contribution in [-0.2, 0) is 11.2 Å². The van der Waals surface area contributed by atoms with Gasteiger partial charge in [0.25, 0.3) is 0 Å². The quantitative estimate of drug-likeness (QED) is 0.633. The topological polar surface area (TPSA) is 85.4 Å². The van der Waals surface area contributed by atoms with E-state index in [0.717, 1.165) is 0 Å². The summed E-state index contributed by atoms with van der Waals surface area (Å²) in [4.78, 5) is 12.0. The van der Waals surface area contributed by atoms with Gasteiger partial charge in [0.15, 0.2) is 11.5 Å². The maximum Gasteiger partial charge on any atom is 0.315 e. The van der Waals surface area contributed by atoms with E-state index in [-0.39, 0.29) is 12.2 Å². The summed E-state index contributed by atoms with van der Waals surface area (Å²) in [5.74, 6) is 0.748. The molecule has 1 aromatic carbocycles. The number of aromatic nitrogens is 1. The summed E-state index contributed by atoms with van der Waals surface area (Å²) < 4.78 is 15.4. The SMILES string of the molecule is COc1cc(C#N)ccc1OC(=O)Cc1c(C)noc1C. The molecule has 6 nitrogen and oxygen atoms in total. The normalized spacial score (nSPS) is 10.0. The van der Waals surface area contributed by atoms with Gasteiger partial charge in [-0.1, -0.05) is 5.16 Å². The Hall–Kier alpha value is -2.81. The van der Waals surface area contributed by atoms with Crippen molar-refractivity contribution in [2.45, 2.75) is 20.3 Å². The standard InChI is InChI=1S/C15H14N2O4/c1-9-12(10(2)21-17-9)7-15(18)20-13-5-4-11(8-16)6-14(13)19-3/h4-6H,7H2,1-3H3. The van der Waals surface area contributed by atoms with Crippen molar-refractivity contribution in [2.75, 3.05) is 7.11 Å². The van der Waals surface area contributed by atoms with Crippen LogP contribution in [0.15, 0.2) is 22.7 Å². The Morgan fingerprint density at radius 2 is 2.14 bits per heavy atom. The second kappa shape index (κ2) is 6.09. The van der Waals surface area contributed by atoms with Crippen LogP contribution >= 0.6 is 0 Å². The van der Waals surface area contributed by atoms with Gasteiger partial charge in [-0.05, 0) is 26.0 Å². The molecule has 6 heteroatoms. The third-order valence-electron chi connectivity index (χ3n) is 3.02. The highest BCUT2D eigenvalue weighted by atomic mass is 16.6. The number of benzene rings is 1. The van der Waals surface area contributed by atoms with Gasteiger partial charge < -0.3 is 14.0 Å². The summed E-state index contributed by atoms with van der Waals surface area (Å²) in [6, 6.07) is 6.59. The van der Waals surface area contributed by atoms with Crippen molar-refractivity contribution >= 4 is 5.97 Å². The molecule has 0 N–H and O–H groups in total. The van der Waals surface area contributed by atoms with E-state index in [1.54, 1.807) is 19.9 Å². The highest BCUT2D eigenvalue weighted by Gasteiger charge is 2.16. The van der Waals surface area contributed by atoms with E-state index in [4.69, 9.17) is 19.3 Å². The molecule has 21 heavy (non-hydrogen) atoms. The number of hydrogen-bond acceptors (Lipinski definition) is 6. The van der Waals surface area contributed by atoms with Crippen LogP contribution in [0.2, 0.25) is 0 Å². The molecule has 0 fully saturated rings. The number of aryl methyl sites for hydroxylation is 2. The fourth-order valence-electron chi connectivity index (χ4n) is 1.88. The van der Waals surface area contributed by atoms with Crippen LogP contribution in [0.5, 0.6) is 11.5 Å². The number of methoxy groups -OCH3 is 1. The van der Waals surface area contributed by atoms with E-state index in [0.29, 0.717) is 28.3 Å². The molecule has 0 unspecified atom stereocenters. The first kappa shape index (κ1) is 14.6. The molecule has 0 amide bonds. The van der Waals surface area contributed by atoms with Crippen LogP contribution in [0.4, 0.5) is 0 Å². The van der Waals surface area contributed by atoms with E-state index in [9.17, 15) is 4.79 Å². The van der Waals surface area contributed by atoms with E-state index < -0.39 is 5.97 Å². The molecule has 1 heterocycles. The molecule has 0 aliphatic carbocycles. The molecule has 0 spiro atoms. The Balaban J connectivity index is 2.15. The lowest BCUT2D eigenvalue weighted by atomic mass is 10.1. The molecule has 0 aliphatic rings. The van der Waals surface area contributed by atoms with Crippen LogP contribution in [-0.4, -0.2) is 18.2 Å². The molecule has 0 saturated carbocycles. The zero-order valence-electron chi connectivity index (χ0n) is 12.0. The molecule has 0 bridgehead atoms. The minimum absolute atomic E-state index is 0.0598. The molecule has 0 atom stereocenters. The zero-order chi connectivity index (χ0) is 15.4. The first-order chi connectivity index (χ1) is 10.0. The van der Waals surface area contributed by atoms with Gasteiger partial charge in [-0.15, -0.1) is 0 Å². The third-order valence-corrected chi connectivity index (χ3v) is 3.02. The van der Waals surface area contributed by atoms with Gasteiger partial charge in [0.1, 0.15) is 5.76 Å². The summed E-state index contributed by atoms with van der Waals surface area (Å²) >= 11 is 0. The van der Waals surface area contributed by atoms with Gasteiger partial charge in [0.05, 0.1) is 30.9 Å². The average Bonchev–Trinajstić information content (AvgIpc) is 2.79. The highest BCUT2D eigenvalue weighted by molar-refractivity contribution is 5.76. The first-order valence-electron chi connectivity index (χ1n) is 6.25. The van der Waals surface area contributed by atoms with Gasteiger partial charge >= 0.3 is 5.97 Å². The molecule has 2 rings (SSSR count). The minimum Gasteiger partial charge on any atom is -0.493 e. The Morgan fingerprint density at radius 1 is 1.38 bits per heavy atom. The molecule has 1 aromatic heterocycles. The maximum atomic E-state index is 12.0. The van der Waals surface area contributed by atoms with Gasteiger partial charge in [0, 0.05) is 11.6 Å². The lowest BCUT2D eigenvalue weighted by molar-refractivity contribution is -0.133. The summed E-state index contributed by atoms with van der Waals surface area (Å²) in [5, 5.41) is 12.6. The second-order valence-electron chi connectivity index (χ2n) is 4.43. The number of esters is 1. The van der Waals surface area contributed by atoms with E-state index in [1.165, 1.54) is 19.2 Å². The second-order valence-corrected chi connectivity index (χ2v) is 4.43. The summed E-state index contributed by atoms with van der Waals surface area (Å²) in [6.07, 6.45) is 0.0598. The van der Waals surface area contributed by atoms with Crippen LogP contribution in [0, 0.1) is 25.2 Å². The van der Waals surface area contributed by atoms with Gasteiger partial charge in [-0.3, -0.25) is 4.79 Å². The molecule has 0 radical (unpaired) electrons. The van der Waals surface area contributed by atoms with Gasteiger partial charge in [-0.25, -0.2) is 0 Å². The molecule has 0 saturated heterocycles. The molecule has 108 valence electrons. The van der Waals surface area contributed by atoms with Crippen molar-refractivity contribution < 1.29 is 18.8 Å². The number of nitrogens with zero attached hydrogens (tertiary/aromatic N) is 2. The van der Waals surface area contributed by atoms with Gasteiger partial charge in [-0.2, -0.15) is 5.26 Å². The lowest BCUT2D eigenvalue weighted by Gasteiger charge is -2.09. The summed E-state index contributed by atoms with van der Waals surface area (Å²) in [6.45, 7) is 3.51. The monoisotopic (exact) mass is 286 g/mol. The van der Waals surface area contributed by atoms with E-state index in [2.05, 4.69) is 5.16 Å². The molecular weight excluding hydrogens is 272 g/mol. The van der Waals surface area contributed by atoms with Crippen LogP contribution in [0.25, 0.3) is 0 Å². The lowest BCUT2D eigenvalue weighted by Crippen LogP contribution is -2.12. The van der Waals surface area contributed by atoms with Crippen LogP contribution < -0.4 is 9.47 Å². The van der Waals surface area contributed by atoms with Crippen LogP contribution in [0.3, 0.4) is 0 Å². The number of rotatable bonds is 4. The first-order valence-corrected chi connectivity index (χ1v) is 6.25. The summed E-state index contributed by atoms with van der Waals surface area (Å²) in [5.41, 5.74) is 1.81. The third kappa shape index (κ3) is 3.20. The molecular formula is C15H14N2O4.